The van der Waals surface area contributed by atoms with Crippen LogP contribution in [0.2, 0.25) is 0 Å². The first-order valence-electron chi connectivity index (χ1n) is 24.2. The van der Waals surface area contributed by atoms with Crippen LogP contribution in [0, 0.1) is 0 Å². The highest BCUT2D eigenvalue weighted by Gasteiger charge is 2.46. The fraction of sp³-hybridized carbons (Fsp3) is 0.796. The summed E-state index contributed by atoms with van der Waals surface area (Å²) in [5, 5.41) is 30.9. The van der Waals surface area contributed by atoms with E-state index in [0.717, 1.165) is 77.0 Å². The normalized spacial score (nSPS) is 20.3. The molecule has 1 heterocycles. The Morgan fingerprint density at radius 2 is 1.02 bits per heavy atom. The smallest absolute Gasteiger partial charge is 0.306 e. The quantitative estimate of drug-likeness (QED) is 0.0198. The Balaban J connectivity index is 2.41. The zero-order valence-electron chi connectivity index (χ0n) is 38.5. The second-order valence-corrected chi connectivity index (χ2v) is 18.2. The number of unbranched alkanes of at least 4 members (excludes halogenated alkanes) is 20. The molecule has 0 spiro atoms. The monoisotopic (exact) mass is 899 g/mol. The molecule has 12 nitrogen and oxygen atoms in total. The number of hydrogen-bond donors (Lipinski definition) is 4. The van der Waals surface area contributed by atoms with Crippen molar-refractivity contribution in [3.63, 3.8) is 0 Å². The minimum atomic E-state index is -4.61. The molecule has 13 heteroatoms. The summed E-state index contributed by atoms with van der Waals surface area (Å²) in [5.74, 6) is -2.01. The van der Waals surface area contributed by atoms with Crippen molar-refractivity contribution in [3.8, 4) is 0 Å². The summed E-state index contributed by atoms with van der Waals surface area (Å²) in [4.78, 5) is 25.5. The maximum Gasteiger partial charge on any atom is 0.306 e. The molecular formula is C49H86O12S. The van der Waals surface area contributed by atoms with Gasteiger partial charge in [-0.2, -0.15) is 8.42 Å². The van der Waals surface area contributed by atoms with Gasteiger partial charge in [0.2, 0.25) is 0 Å². The van der Waals surface area contributed by atoms with Crippen molar-refractivity contribution >= 4 is 22.1 Å². The summed E-state index contributed by atoms with van der Waals surface area (Å²) in [7, 11) is -4.61. The van der Waals surface area contributed by atoms with Gasteiger partial charge in [0, 0.05) is 12.8 Å². The van der Waals surface area contributed by atoms with Crippen LogP contribution in [0.4, 0.5) is 0 Å². The van der Waals surface area contributed by atoms with Crippen molar-refractivity contribution in [1.29, 1.82) is 0 Å². The first-order valence-corrected chi connectivity index (χ1v) is 25.8. The number of ether oxygens (including phenoxy) is 4. The maximum atomic E-state index is 12.8. The molecule has 1 aliphatic rings. The molecule has 2 unspecified atom stereocenters. The molecular weight excluding hydrogens is 813 g/mol. The van der Waals surface area contributed by atoms with Gasteiger partial charge in [-0.15, -0.1) is 0 Å². The Hall–Kier alpha value is -2.39. The van der Waals surface area contributed by atoms with Crippen LogP contribution >= 0.6 is 0 Å². The van der Waals surface area contributed by atoms with Gasteiger partial charge in [0.1, 0.15) is 36.8 Å². The SMILES string of the molecule is CC/C=C/C/C=C/C/C=C/CCCCCCCC(=O)OC[C@H](CO[C@H]1O[C@H](CS(=O)(=O)O)[C@@H](O)C(O)C1O)OC(=O)CCCCCCCCCCC/C=C/CCCCCCCC. The lowest BCUT2D eigenvalue weighted by molar-refractivity contribution is -0.297. The number of carbonyl (C=O) groups excluding carboxylic acids is 2. The van der Waals surface area contributed by atoms with E-state index in [1.165, 1.54) is 77.0 Å². The molecule has 0 amide bonds. The zero-order chi connectivity index (χ0) is 45.5. The van der Waals surface area contributed by atoms with Crippen molar-refractivity contribution in [1.82, 2.24) is 0 Å². The second kappa shape index (κ2) is 39.0. The van der Waals surface area contributed by atoms with Crippen LogP contribution in [-0.2, 0) is 38.7 Å². The van der Waals surface area contributed by atoms with Crippen LogP contribution in [-0.4, -0.2) is 96.0 Å². The molecule has 6 atom stereocenters. The van der Waals surface area contributed by atoms with Crippen molar-refractivity contribution in [3.05, 3.63) is 48.6 Å². The second-order valence-electron chi connectivity index (χ2n) is 16.7. The van der Waals surface area contributed by atoms with Gasteiger partial charge in [0.05, 0.1) is 6.61 Å². The Morgan fingerprint density at radius 1 is 0.565 bits per heavy atom. The average Bonchev–Trinajstić information content (AvgIpc) is 3.24. The molecule has 1 aliphatic heterocycles. The van der Waals surface area contributed by atoms with E-state index in [1.54, 1.807) is 0 Å². The van der Waals surface area contributed by atoms with Crippen molar-refractivity contribution < 1.29 is 56.8 Å². The molecule has 0 aromatic rings. The number of esters is 2. The summed E-state index contributed by atoms with van der Waals surface area (Å²) in [6.45, 7) is 3.64. The van der Waals surface area contributed by atoms with E-state index in [-0.39, 0.29) is 19.4 Å². The van der Waals surface area contributed by atoms with E-state index >= 15 is 0 Å². The first kappa shape index (κ1) is 57.6. The zero-order valence-corrected chi connectivity index (χ0v) is 39.3. The Bertz CT molecular complexity index is 1330. The third-order valence-electron chi connectivity index (χ3n) is 10.9. The molecule has 0 radical (unpaired) electrons. The fourth-order valence-corrected chi connectivity index (χ4v) is 7.85. The summed E-state index contributed by atoms with van der Waals surface area (Å²) >= 11 is 0. The van der Waals surface area contributed by atoms with E-state index in [4.69, 9.17) is 18.9 Å². The minimum absolute atomic E-state index is 0.157. The van der Waals surface area contributed by atoms with E-state index < -0.39 is 71.2 Å². The highest BCUT2D eigenvalue weighted by Crippen LogP contribution is 2.24. The predicted octanol–water partition coefficient (Wildman–Crippen LogP) is 10.3. The van der Waals surface area contributed by atoms with E-state index in [2.05, 4.69) is 62.5 Å². The molecule has 360 valence electrons. The predicted molar refractivity (Wildman–Crippen MR) is 247 cm³/mol. The molecule has 1 fully saturated rings. The fourth-order valence-electron chi connectivity index (χ4n) is 7.16. The molecule has 0 bridgehead atoms. The van der Waals surface area contributed by atoms with Gasteiger partial charge < -0.3 is 34.3 Å². The van der Waals surface area contributed by atoms with Gasteiger partial charge in [-0.3, -0.25) is 14.1 Å². The van der Waals surface area contributed by atoms with Crippen LogP contribution in [0.3, 0.4) is 0 Å². The van der Waals surface area contributed by atoms with Gasteiger partial charge in [0.25, 0.3) is 10.1 Å². The van der Waals surface area contributed by atoms with Gasteiger partial charge in [-0.1, -0.05) is 159 Å². The molecule has 1 saturated heterocycles. The summed E-state index contributed by atoms with van der Waals surface area (Å²) in [6, 6.07) is 0. The van der Waals surface area contributed by atoms with E-state index in [0.29, 0.717) is 12.8 Å². The largest absolute Gasteiger partial charge is 0.462 e. The molecule has 1 rings (SSSR count). The van der Waals surface area contributed by atoms with Crippen LogP contribution in [0.15, 0.2) is 48.6 Å². The van der Waals surface area contributed by atoms with E-state index in [9.17, 15) is 37.9 Å². The molecule has 62 heavy (non-hydrogen) atoms. The van der Waals surface area contributed by atoms with Gasteiger partial charge >= 0.3 is 11.9 Å². The maximum absolute atomic E-state index is 12.8. The summed E-state index contributed by atoms with van der Waals surface area (Å²) in [5.41, 5.74) is 0. The van der Waals surface area contributed by atoms with Gasteiger partial charge in [0.15, 0.2) is 12.4 Å². The number of aliphatic hydroxyl groups is 3. The number of carbonyl (C=O) groups is 2. The number of hydrogen-bond acceptors (Lipinski definition) is 11. The average molecular weight is 899 g/mol. The third kappa shape index (κ3) is 33.2. The number of aliphatic hydroxyl groups excluding tert-OH is 3. The lowest BCUT2D eigenvalue weighted by Gasteiger charge is -2.40. The topological polar surface area (TPSA) is 186 Å². The summed E-state index contributed by atoms with van der Waals surface area (Å²) in [6.07, 6.45) is 37.2. The van der Waals surface area contributed by atoms with Gasteiger partial charge in [-0.25, -0.2) is 0 Å². The van der Waals surface area contributed by atoms with Crippen LogP contribution < -0.4 is 0 Å². The first-order chi connectivity index (χ1) is 30.0. The standard InChI is InChI=1S/C49H86O12S/c1-3-5-7-9-11-13-15-17-19-20-21-22-24-26-28-30-32-34-36-38-45(51)60-42(40-59-49-48(54)47(53)46(52)43(61-49)41-62(55,56)57)39-58-44(50)37-35-33-31-29-27-25-23-18-16-14-12-10-8-6-4-2/h6,8,12,14,17-19,23,42-43,46-49,52-54H,3-5,7,9-11,13,15-16,20-22,24-41H2,1-2H3,(H,55,56,57)/b8-6+,14-12+,19-17+,23-18+/t42-,43-,46-,47?,48?,49+/m1/s1. The molecule has 0 saturated carbocycles. The van der Waals surface area contributed by atoms with Crippen molar-refractivity contribution in [2.45, 2.75) is 230 Å². The van der Waals surface area contributed by atoms with Gasteiger partial charge in [-0.05, 0) is 70.6 Å². The van der Waals surface area contributed by atoms with Crippen molar-refractivity contribution in [2.75, 3.05) is 19.0 Å². The lowest BCUT2D eigenvalue weighted by atomic mass is 10.00. The number of rotatable bonds is 40. The molecule has 0 aromatic heterocycles. The number of allylic oxidation sites excluding steroid dienone is 8. The Morgan fingerprint density at radius 3 is 1.53 bits per heavy atom. The third-order valence-corrected chi connectivity index (χ3v) is 11.6. The molecule has 0 aromatic carbocycles. The molecule has 0 aliphatic carbocycles. The van der Waals surface area contributed by atoms with Crippen LogP contribution in [0.25, 0.3) is 0 Å². The van der Waals surface area contributed by atoms with Crippen LogP contribution in [0.5, 0.6) is 0 Å². The highest BCUT2D eigenvalue weighted by atomic mass is 32.2. The highest BCUT2D eigenvalue weighted by molar-refractivity contribution is 7.85. The molecule has 4 N–H and O–H groups in total. The minimum Gasteiger partial charge on any atom is -0.462 e. The summed E-state index contributed by atoms with van der Waals surface area (Å²) < 4.78 is 54.1. The van der Waals surface area contributed by atoms with Crippen LogP contribution in [0.1, 0.15) is 194 Å². The van der Waals surface area contributed by atoms with E-state index in [1.807, 2.05) is 0 Å². The van der Waals surface area contributed by atoms with Crippen molar-refractivity contribution in [2.24, 2.45) is 0 Å². The Labute approximate surface area is 375 Å². The Kier molecular flexibility index (Phi) is 36.3. The lowest BCUT2D eigenvalue weighted by Crippen LogP contribution is -2.60.